The second-order valence-corrected chi connectivity index (χ2v) is 8.30. The Bertz CT molecular complexity index is 659. The molecule has 8 heteroatoms. The highest BCUT2D eigenvalue weighted by atomic mass is 35.5. The van der Waals surface area contributed by atoms with Crippen LogP contribution < -0.4 is 10.2 Å². The third-order valence-electron chi connectivity index (χ3n) is 3.95. The van der Waals surface area contributed by atoms with Gasteiger partial charge >= 0.3 is 0 Å². The van der Waals surface area contributed by atoms with E-state index in [1.165, 1.54) is 37.2 Å². The zero-order valence-corrected chi connectivity index (χ0v) is 16.3. The minimum atomic E-state index is -3.60. The molecular weight excluding hydrogens is 350 g/mol. The van der Waals surface area contributed by atoms with Crippen LogP contribution in [0.25, 0.3) is 0 Å². The van der Waals surface area contributed by atoms with Crippen molar-refractivity contribution in [1.29, 1.82) is 0 Å². The van der Waals surface area contributed by atoms with Crippen LogP contribution in [0.2, 0.25) is 5.02 Å². The van der Waals surface area contributed by atoms with Gasteiger partial charge in [0.05, 0.1) is 35.1 Å². The maximum absolute atomic E-state index is 12.3. The van der Waals surface area contributed by atoms with E-state index in [0.717, 1.165) is 30.4 Å². The largest absolute Gasteiger partial charge is 0.352 e. The lowest BCUT2D eigenvalue weighted by atomic mass is 10.2. The number of carbonyl (C=O) groups is 1. The Hall–Kier alpha value is -1.15. The summed E-state index contributed by atoms with van der Waals surface area (Å²) in [5.41, 5.74) is 0.176. The molecule has 0 spiro atoms. The lowest BCUT2D eigenvalue weighted by Crippen LogP contribution is -3.11. The number of halogens is 1. The molecule has 0 unspecified atom stereocenters. The van der Waals surface area contributed by atoms with Crippen molar-refractivity contribution in [3.05, 3.63) is 28.8 Å². The monoisotopic (exact) mass is 376 g/mol. The fraction of sp³-hybridized carbons (Fsp3) is 0.562. The molecule has 0 aliphatic rings. The standard InChI is InChI=1S/C16H26ClN3O3S/c1-5-20(6-2)11-7-10-18-16(21)14-12-13(8-9-15(14)17)24(22,23)19(3)4/h8-9,12H,5-7,10-11H2,1-4H3,(H,18,21)/p+1. The molecule has 0 saturated heterocycles. The maximum Gasteiger partial charge on any atom is 0.252 e. The van der Waals surface area contributed by atoms with E-state index in [0.29, 0.717) is 6.54 Å². The van der Waals surface area contributed by atoms with Gasteiger partial charge in [0.25, 0.3) is 5.91 Å². The number of nitrogens with one attached hydrogen (secondary N) is 2. The van der Waals surface area contributed by atoms with Gasteiger partial charge in [-0.05, 0) is 32.0 Å². The van der Waals surface area contributed by atoms with E-state index in [4.69, 9.17) is 11.6 Å². The van der Waals surface area contributed by atoms with Crippen molar-refractivity contribution in [3.63, 3.8) is 0 Å². The number of carbonyl (C=O) groups excluding carboxylic acids is 1. The highest BCUT2D eigenvalue weighted by Crippen LogP contribution is 2.22. The third kappa shape index (κ3) is 5.44. The van der Waals surface area contributed by atoms with Crippen LogP contribution in [0.1, 0.15) is 30.6 Å². The van der Waals surface area contributed by atoms with E-state index in [2.05, 4.69) is 19.2 Å². The second kappa shape index (κ2) is 9.36. The van der Waals surface area contributed by atoms with Crippen LogP contribution >= 0.6 is 11.6 Å². The van der Waals surface area contributed by atoms with Crippen molar-refractivity contribution in [1.82, 2.24) is 9.62 Å². The first-order chi connectivity index (χ1) is 11.2. The molecule has 0 aliphatic heterocycles. The minimum Gasteiger partial charge on any atom is -0.352 e. The van der Waals surface area contributed by atoms with Gasteiger partial charge in [-0.25, -0.2) is 12.7 Å². The Labute approximate surface area is 149 Å². The van der Waals surface area contributed by atoms with Crippen molar-refractivity contribution in [2.45, 2.75) is 25.2 Å². The molecular formula is C16H27ClN3O3S+. The average Bonchev–Trinajstić information content (AvgIpc) is 2.54. The number of benzene rings is 1. The van der Waals surface area contributed by atoms with Gasteiger partial charge in [0.2, 0.25) is 10.0 Å². The van der Waals surface area contributed by atoms with E-state index < -0.39 is 10.0 Å². The van der Waals surface area contributed by atoms with E-state index in [9.17, 15) is 13.2 Å². The number of nitrogens with zero attached hydrogens (tertiary/aromatic N) is 1. The molecule has 0 saturated carbocycles. The van der Waals surface area contributed by atoms with E-state index >= 15 is 0 Å². The predicted molar refractivity (Wildman–Crippen MR) is 96.2 cm³/mol. The Morgan fingerprint density at radius 1 is 1.25 bits per heavy atom. The van der Waals surface area contributed by atoms with Gasteiger partial charge in [-0.1, -0.05) is 11.6 Å². The average molecular weight is 377 g/mol. The first-order valence-corrected chi connectivity index (χ1v) is 9.89. The molecule has 0 heterocycles. The molecule has 136 valence electrons. The SMILES string of the molecule is CC[NH+](CC)CCCNC(=O)c1cc(S(=O)(=O)N(C)C)ccc1Cl. The lowest BCUT2D eigenvalue weighted by Gasteiger charge is -2.15. The fourth-order valence-corrected chi connectivity index (χ4v) is 3.42. The summed E-state index contributed by atoms with van der Waals surface area (Å²) >= 11 is 6.06. The zero-order valence-electron chi connectivity index (χ0n) is 14.7. The van der Waals surface area contributed by atoms with E-state index in [-0.39, 0.29) is 21.4 Å². The normalized spacial score (nSPS) is 12.0. The van der Waals surface area contributed by atoms with E-state index in [1.54, 1.807) is 0 Å². The molecule has 24 heavy (non-hydrogen) atoms. The molecule has 0 atom stereocenters. The molecule has 0 aliphatic carbocycles. The van der Waals surface area contributed by atoms with Crippen molar-refractivity contribution < 1.29 is 18.1 Å². The minimum absolute atomic E-state index is 0.0506. The first kappa shape index (κ1) is 20.9. The summed E-state index contributed by atoms with van der Waals surface area (Å²) in [6, 6.07) is 4.16. The summed E-state index contributed by atoms with van der Waals surface area (Å²) in [6.07, 6.45) is 0.857. The van der Waals surface area contributed by atoms with Crippen LogP contribution in [0.4, 0.5) is 0 Å². The van der Waals surface area contributed by atoms with Gasteiger partial charge in [0.15, 0.2) is 0 Å². The molecule has 1 aromatic carbocycles. The molecule has 2 N–H and O–H groups in total. The molecule has 6 nitrogen and oxygen atoms in total. The molecule has 1 rings (SSSR count). The predicted octanol–water partition coefficient (Wildman–Crippen LogP) is 0.635. The number of rotatable bonds is 9. The lowest BCUT2D eigenvalue weighted by molar-refractivity contribution is -0.896. The van der Waals surface area contributed by atoms with Crippen LogP contribution in [0, 0.1) is 0 Å². The fourth-order valence-electron chi connectivity index (χ4n) is 2.29. The van der Waals surface area contributed by atoms with Gasteiger partial charge in [-0.3, -0.25) is 4.79 Å². The summed E-state index contributed by atoms with van der Waals surface area (Å²) in [4.78, 5) is 13.8. The number of hydrogen-bond acceptors (Lipinski definition) is 3. The van der Waals surface area contributed by atoms with Gasteiger partial charge in [-0.15, -0.1) is 0 Å². The zero-order chi connectivity index (χ0) is 18.3. The van der Waals surface area contributed by atoms with Crippen LogP contribution in [-0.4, -0.2) is 58.9 Å². The Balaban J connectivity index is 2.77. The van der Waals surface area contributed by atoms with Crippen molar-refractivity contribution in [3.8, 4) is 0 Å². The number of sulfonamides is 1. The molecule has 0 radical (unpaired) electrons. The van der Waals surface area contributed by atoms with Crippen LogP contribution in [0.3, 0.4) is 0 Å². The molecule has 0 bridgehead atoms. The van der Waals surface area contributed by atoms with Gasteiger partial charge < -0.3 is 10.2 Å². The van der Waals surface area contributed by atoms with Crippen molar-refractivity contribution in [2.24, 2.45) is 0 Å². The Morgan fingerprint density at radius 3 is 2.42 bits per heavy atom. The Kier molecular flexibility index (Phi) is 8.15. The summed E-state index contributed by atoms with van der Waals surface area (Å²) < 4.78 is 25.4. The highest BCUT2D eigenvalue weighted by molar-refractivity contribution is 7.89. The van der Waals surface area contributed by atoms with Gasteiger partial charge in [0, 0.05) is 27.1 Å². The Morgan fingerprint density at radius 2 is 1.88 bits per heavy atom. The smallest absolute Gasteiger partial charge is 0.252 e. The third-order valence-corrected chi connectivity index (χ3v) is 6.09. The summed E-state index contributed by atoms with van der Waals surface area (Å²) in [5.74, 6) is -0.356. The topological polar surface area (TPSA) is 70.9 Å². The summed E-state index contributed by atoms with van der Waals surface area (Å²) in [7, 11) is -0.714. The summed E-state index contributed by atoms with van der Waals surface area (Å²) in [5, 5.41) is 3.04. The molecule has 0 fully saturated rings. The van der Waals surface area contributed by atoms with E-state index in [1.807, 2.05) is 0 Å². The molecule has 1 amide bonds. The van der Waals surface area contributed by atoms with Crippen LogP contribution in [0.5, 0.6) is 0 Å². The van der Waals surface area contributed by atoms with Crippen molar-refractivity contribution >= 4 is 27.5 Å². The first-order valence-electron chi connectivity index (χ1n) is 8.07. The highest BCUT2D eigenvalue weighted by Gasteiger charge is 2.20. The number of hydrogen-bond donors (Lipinski definition) is 2. The maximum atomic E-state index is 12.3. The van der Waals surface area contributed by atoms with Crippen LogP contribution in [0.15, 0.2) is 23.1 Å². The van der Waals surface area contributed by atoms with Crippen molar-refractivity contribution in [2.75, 3.05) is 40.3 Å². The number of amides is 1. The quantitative estimate of drug-likeness (QED) is 0.621. The van der Waals surface area contributed by atoms with Crippen LogP contribution in [-0.2, 0) is 10.0 Å². The van der Waals surface area contributed by atoms with Gasteiger partial charge in [-0.2, -0.15) is 0 Å². The number of quaternary nitrogens is 1. The van der Waals surface area contributed by atoms with Gasteiger partial charge in [0.1, 0.15) is 0 Å². The molecule has 0 aromatic heterocycles. The molecule has 1 aromatic rings. The second-order valence-electron chi connectivity index (χ2n) is 5.75. The summed E-state index contributed by atoms with van der Waals surface area (Å²) in [6.45, 7) is 7.89.